The van der Waals surface area contributed by atoms with Crippen molar-refractivity contribution < 1.29 is 27.9 Å². The van der Waals surface area contributed by atoms with E-state index in [-0.39, 0.29) is 37.5 Å². The number of amides is 2. The number of hydrogen-bond acceptors (Lipinski definition) is 5. The second-order valence-corrected chi connectivity index (χ2v) is 12.8. The minimum Gasteiger partial charge on any atom is -0.387 e. The summed E-state index contributed by atoms with van der Waals surface area (Å²) in [5.74, 6) is -1.95. The molecule has 43 heavy (non-hydrogen) atoms. The van der Waals surface area contributed by atoms with Gasteiger partial charge in [0, 0.05) is 68.4 Å². The van der Waals surface area contributed by atoms with Crippen LogP contribution in [-0.2, 0) is 11.3 Å². The number of carbonyl (C=O) groups excluding carboxylic acids is 2. The van der Waals surface area contributed by atoms with Crippen LogP contribution in [-0.4, -0.2) is 94.3 Å². The molecular weight excluding hydrogens is 561 g/mol. The third-order valence-corrected chi connectivity index (χ3v) is 9.77. The molecule has 1 aromatic carbocycles. The van der Waals surface area contributed by atoms with E-state index in [1.54, 1.807) is 11.1 Å². The van der Waals surface area contributed by atoms with Crippen molar-refractivity contribution >= 4 is 11.8 Å². The maximum Gasteiger partial charge on any atom is 0.389 e. The molecule has 2 amide bonds. The zero-order valence-corrected chi connectivity index (χ0v) is 24.9. The summed E-state index contributed by atoms with van der Waals surface area (Å²) in [5.41, 5.74) is -0.819. The van der Waals surface area contributed by atoms with Crippen molar-refractivity contribution in [1.82, 2.24) is 19.3 Å². The Hall–Kier alpha value is -3.18. The Balaban J connectivity index is 1.46. The third kappa shape index (κ3) is 6.52. The molecule has 0 radical (unpaired) electrons. The maximum atomic E-state index is 13.9. The molecule has 2 atom stereocenters. The number of benzene rings is 1. The van der Waals surface area contributed by atoms with Gasteiger partial charge in [-0.2, -0.15) is 13.2 Å². The van der Waals surface area contributed by atoms with Gasteiger partial charge in [0.25, 0.3) is 11.5 Å². The standard InChI is InChI=1S/C32H41F3N4O4/c1-23(19-32(33,34)35)28(41)38-13-12-31(43,30(21-38)10-6-7-11-30)22-39-20-26(29(42)37-16-14-36(2)15-17-37)25(18-27(39)40)24-8-4-3-5-9-24/h3-5,8-9,18,20,23,43H,6-7,10-17,19,21-22H2,1-2H3/t23-,31-/m1/s1. The van der Waals surface area contributed by atoms with Crippen LogP contribution in [0.5, 0.6) is 0 Å². The van der Waals surface area contributed by atoms with Gasteiger partial charge in [-0.15, -0.1) is 0 Å². The highest BCUT2D eigenvalue weighted by Gasteiger charge is 2.56. The van der Waals surface area contributed by atoms with E-state index >= 15 is 0 Å². The van der Waals surface area contributed by atoms with E-state index < -0.39 is 35.4 Å². The Morgan fingerprint density at radius 2 is 1.63 bits per heavy atom. The summed E-state index contributed by atoms with van der Waals surface area (Å²) in [6.45, 7) is 4.08. The Morgan fingerprint density at radius 1 is 0.977 bits per heavy atom. The summed E-state index contributed by atoms with van der Waals surface area (Å²) < 4.78 is 40.5. The highest BCUT2D eigenvalue weighted by Crippen LogP contribution is 2.52. The fourth-order valence-corrected chi connectivity index (χ4v) is 7.22. The van der Waals surface area contributed by atoms with Crippen LogP contribution in [0.1, 0.15) is 55.8 Å². The molecule has 1 N–H and O–H groups in total. The summed E-state index contributed by atoms with van der Waals surface area (Å²) in [5, 5.41) is 12.2. The molecular formula is C32H41F3N4O4. The maximum absolute atomic E-state index is 13.9. The molecule has 1 saturated carbocycles. The summed E-state index contributed by atoms with van der Waals surface area (Å²) in [6, 6.07) is 10.7. The van der Waals surface area contributed by atoms with E-state index in [4.69, 9.17) is 0 Å². The summed E-state index contributed by atoms with van der Waals surface area (Å²) in [7, 11) is 2.01. The molecule has 0 bridgehead atoms. The van der Waals surface area contributed by atoms with E-state index in [9.17, 15) is 32.7 Å². The molecule has 3 fully saturated rings. The van der Waals surface area contributed by atoms with E-state index in [1.165, 1.54) is 22.5 Å². The smallest absolute Gasteiger partial charge is 0.387 e. The average molecular weight is 603 g/mol. The van der Waals surface area contributed by atoms with Gasteiger partial charge in [0.05, 0.1) is 24.1 Å². The molecule has 11 heteroatoms. The summed E-state index contributed by atoms with van der Waals surface area (Å²) in [4.78, 5) is 45.9. The predicted octanol–water partition coefficient (Wildman–Crippen LogP) is 4.02. The van der Waals surface area contributed by atoms with Gasteiger partial charge in [-0.25, -0.2) is 0 Å². The van der Waals surface area contributed by atoms with Crippen LogP contribution in [0, 0.1) is 11.3 Å². The average Bonchev–Trinajstić information content (AvgIpc) is 3.45. The van der Waals surface area contributed by atoms with Crippen molar-refractivity contribution in [3.8, 4) is 11.1 Å². The van der Waals surface area contributed by atoms with Gasteiger partial charge in [0.15, 0.2) is 0 Å². The van der Waals surface area contributed by atoms with Gasteiger partial charge >= 0.3 is 6.18 Å². The lowest BCUT2D eigenvalue weighted by Gasteiger charge is -2.52. The summed E-state index contributed by atoms with van der Waals surface area (Å²) >= 11 is 0. The molecule has 5 rings (SSSR count). The number of carbonyl (C=O) groups is 2. The number of likely N-dealkylation sites (N-methyl/N-ethyl adjacent to an activating group) is 1. The molecule has 1 spiro atoms. The molecule has 2 aromatic rings. The zero-order chi connectivity index (χ0) is 31.0. The highest BCUT2D eigenvalue weighted by atomic mass is 19.4. The first kappa shape index (κ1) is 31.3. The van der Waals surface area contributed by atoms with Crippen LogP contribution in [0.3, 0.4) is 0 Å². The number of halogens is 3. The Kier molecular flexibility index (Phi) is 8.77. The number of piperazine rings is 1. The van der Waals surface area contributed by atoms with Crippen molar-refractivity contribution in [2.75, 3.05) is 46.3 Å². The molecule has 1 aromatic heterocycles. The Bertz CT molecular complexity index is 1380. The van der Waals surface area contributed by atoms with Crippen LogP contribution >= 0.6 is 0 Å². The van der Waals surface area contributed by atoms with Gasteiger partial charge in [-0.3, -0.25) is 14.4 Å². The lowest BCUT2D eigenvalue weighted by Crippen LogP contribution is -2.62. The topological polar surface area (TPSA) is 86.1 Å². The number of aliphatic hydroxyl groups is 1. The van der Waals surface area contributed by atoms with Gasteiger partial charge in [0.1, 0.15) is 0 Å². The largest absolute Gasteiger partial charge is 0.389 e. The quantitative estimate of drug-likeness (QED) is 0.540. The lowest BCUT2D eigenvalue weighted by atomic mass is 9.65. The van der Waals surface area contributed by atoms with Crippen molar-refractivity contribution in [3.63, 3.8) is 0 Å². The number of hydrogen-bond donors (Lipinski definition) is 1. The third-order valence-electron chi connectivity index (χ3n) is 9.77. The van der Waals surface area contributed by atoms with Crippen LogP contribution < -0.4 is 5.56 Å². The number of nitrogens with zero attached hydrogens (tertiary/aromatic N) is 4. The Morgan fingerprint density at radius 3 is 2.26 bits per heavy atom. The number of piperidine rings is 1. The first-order valence-corrected chi connectivity index (χ1v) is 15.2. The predicted molar refractivity (Wildman–Crippen MR) is 156 cm³/mol. The minimum absolute atomic E-state index is 0.0654. The number of rotatable bonds is 6. The van der Waals surface area contributed by atoms with E-state index in [2.05, 4.69) is 4.90 Å². The van der Waals surface area contributed by atoms with Gasteiger partial charge in [-0.1, -0.05) is 50.1 Å². The molecule has 234 valence electrons. The highest BCUT2D eigenvalue weighted by molar-refractivity contribution is 6.00. The second-order valence-electron chi connectivity index (χ2n) is 12.8. The zero-order valence-electron chi connectivity index (χ0n) is 24.9. The normalized spacial score (nSPS) is 23.5. The SMILES string of the molecule is C[C@H](CC(F)(F)F)C(=O)N1CC[C@@](O)(Cn2cc(C(=O)N3CCN(C)CC3)c(-c3ccccc3)cc2=O)C2(CCCC2)C1. The van der Waals surface area contributed by atoms with Crippen molar-refractivity contribution in [1.29, 1.82) is 0 Å². The van der Waals surface area contributed by atoms with Gasteiger partial charge < -0.3 is 24.4 Å². The lowest BCUT2D eigenvalue weighted by molar-refractivity contribution is -0.172. The van der Waals surface area contributed by atoms with E-state index in [0.29, 0.717) is 37.1 Å². The van der Waals surface area contributed by atoms with E-state index in [0.717, 1.165) is 31.5 Å². The fourth-order valence-electron chi connectivity index (χ4n) is 7.22. The van der Waals surface area contributed by atoms with Crippen molar-refractivity contribution in [2.45, 2.75) is 63.8 Å². The molecule has 8 nitrogen and oxygen atoms in total. The number of likely N-dealkylation sites (tertiary alicyclic amines) is 1. The monoisotopic (exact) mass is 602 g/mol. The molecule has 0 unspecified atom stereocenters. The second kappa shape index (κ2) is 12.1. The summed E-state index contributed by atoms with van der Waals surface area (Å²) in [6.07, 6.45) is -1.10. The van der Waals surface area contributed by atoms with Gasteiger partial charge in [-0.05, 0) is 31.9 Å². The van der Waals surface area contributed by atoms with Crippen LogP contribution in [0.2, 0.25) is 0 Å². The first-order valence-electron chi connectivity index (χ1n) is 15.2. The molecule has 2 aliphatic heterocycles. The van der Waals surface area contributed by atoms with Crippen LogP contribution in [0.15, 0.2) is 47.4 Å². The fraction of sp³-hybridized carbons (Fsp3) is 0.594. The van der Waals surface area contributed by atoms with E-state index in [1.807, 2.05) is 37.4 Å². The number of aromatic nitrogens is 1. The number of alkyl halides is 3. The van der Waals surface area contributed by atoms with Crippen LogP contribution in [0.4, 0.5) is 13.2 Å². The van der Waals surface area contributed by atoms with Crippen LogP contribution in [0.25, 0.3) is 11.1 Å². The van der Waals surface area contributed by atoms with Gasteiger partial charge in [0.2, 0.25) is 5.91 Å². The molecule has 3 heterocycles. The molecule has 3 aliphatic rings. The van der Waals surface area contributed by atoms with Crippen molar-refractivity contribution in [2.24, 2.45) is 11.3 Å². The van der Waals surface area contributed by atoms with Crippen molar-refractivity contribution in [3.05, 3.63) is 58.5 Å². The Labute approximate surface area is 250 Å². The molecule has 2 saturated heterocycles. The first-order chi connectivity index (χ1) is 20.3. The molecule has 1 aliphatic carbocycles. The number of pyridine rings is 1. The minimum atomic E-state index is -4.44.